The molecular weight excluding hydrogens is 340 g/mol. The quantitative estimate of drug-likeness (QED) is 0.670. The fourth-order valence-corrected chi connectivity index (χ4v) is 2.27. The van der Waals surface area contributed by atoms with Crippen LogP contribution in [0.15, 0.2) is 54.6 Å². The van der Waals surface area contributed by atoms with Crippen LogP contribution in [0.2, 0.25) is 0 Å². The van der Waals surface area contributed by atoms with E-state index in [-0.39, 0.29) is 18.3 Å². The second-order valence-electron chi connectivity index (χ2n) is 5.50. The van der Waals surface area contributed by atoms with Gasteiger partial charge in [-0.25, -0.2) is 0 Å². The van der Waals surface area contributed by atoms with Crippen LogP contribution in [0.1, 0.15) is 11.1 Å². The lowest BCUT2D eigenvalue weighted by atomic mass is 10.1. The average molecular weight is 365 g/mol. The van der Waals surface area contributed by atoms with E-state index in [9.17, 15) is 4.79 Å². The second kappa shape index (κ2) is 11.5. The van der Waals surface area contributed by atoms with E-state index in [1.165, 1.54) is 0 Å². The topological polar surface area (TPSA) is 73.6 Å². The van der Waals surface area contributed by atoms with Gasteiger partial charge < -0.3 is 20.5 Å². The monoisotopic (exact) mass is 364 g/mol. The molecule has 0 heterocycles. The first-order valence-corrected chi connectivity index (χ1v) is 7.97. The summed E-state index contributed by atoms with van der Waals surface area (Å²) in [4.78, 5) is 12.1. The van der Waals surface area contributed by atoms with E-state index in [2.05, 4.69) is 5.32 Å². The van der Waals surface area contributed by atoms with Crippen molar-refractivity contribution >= 4 is 18.3 Å². The summed E-state index contributed by atoms with van der Waals surface area (Å²) < 4.78 is 10.5. The Hall–Kier alpha value is -2.08. The highest BCUT2D eigenvalue weighted by Gasteiger charge is 2.13. The van der Waals surface area contributed by atoms with Gasteiger partial charge in [0.15, 0.2) is 0 Å². The molecule has 2 aromatic rings. The van der Waals surface area contributed by atoms with E-state index in [1.54, 1.807) is 7.11 Å². The summed E-state index contributed by atoms with van der Waals surface area (Å²) in [6.45, 7) is 1.45. The van der Waals surface area contributed by atoms with Crippen LogP contribution in [0.4, 0.5) is 0 Å². The fourth-order valence-electron chi connectivity index (χ4n) is 2.27. The molecule has 136 valence electrons. The highest BCUT2D eigenvalue weighted by atomic mass is 35.5. The number of methoxy groups -OCH3 is 1. The van der Waals surface area contributed by atoms with Crippen molar-refractivity contribution in [3.05, 3.63) is 65.7 Å². The lowest BCUT2D eigenvalue weighted by molar-refractivity contribution is -0.122. The van der Waals surface area contributed by atoms with Crippen LogP contribution in [-0.2, 0) is 22.5 Å². The van der Waals surface area contributed by atoms with Crippen LogP contribution in [-0.4, -0.2) is 32.3 Å². The van der Waals surface area contributed by atoms with Gasteiger partial charge >= 0.3 is 0 Å². The molecule has 0 saturated heterocycles. The minimum Gasteiger partial charge on any atom is -0.491 e. The maximum absolute atomic E-state index is 12.1. The molecule has 0 bridgehead atoms. The Kier molecular flexibility index (Phi) is 9.62. The third kappa shape index (κ3) is 7.56. The first kappa shape index (κ1) is 21.0. The second-order valence-corrected chi connectivity index (χ2v) is 5.50. The van der Waals surface area contributed by atoms with Crippen molar-refractivity contribution in [3.63, 3.8) is 0 Å². The molecule has 0 aliphatic rings. The summed E-state index contributed by atoms with van der Waals surface area (Å²) in [6, 6.07) is 16.8. The van der Waals surface area contributed by atoms with Gasteiger partial charge in [-0.1, -0.05) is 42.5 Å². The third-order valence-corrected chi connectivity index (χ3v) is 3.56. The van der Waals surface area contributed by atoms with Gasteiger partial charge in [0.05, 0.1) is 12.6 Å². The lowest BCUT2D eigenvalue weighted by Gasteiger charge is -2.13. The van der Waals surface area contributed by atoms with Crippen molar-refractivity contribution < 1.29 is 14.3 Å². The van der Waals surface area contributed by atoms with Gasteiger partial charge in [-0.3, -0.25) is 4.79 Å². The van der Waals surface area contributed by atoms with Gasteiger partial charge in [0.1, 0.15) is 12.4 Å². The van der Waals surface area contributed by atoms with Crippen LogP contribution >= 0.6 is 12.4 Å². The molecule has 2 aromatic carbocycles. The van der Waals surface area contributed by atoms with E-state index >= 15 is 0 Å². The molecule has 1 amide bonds. The van der Waals surface area contributed by atoms with Gasteiger partial charge in [0, 0.05) is 13.7 Å². The Labute approximate surface area is 154 Å². The van der Waals surface area contributed by atoms with Crippen LogP contribution in [0.3, 0.4) is 0 Å². The van der Waals surface area contributed by atoms with Crippen molar-refractivity contribution in [1.29, 1.82) is 0 Å². The smallest absolute Gasteiger partial charge is 0.237 e. The predicted molar refractivity (Wildman–Crippen MR) is 101 cm³/mol. The number of carbonyl (C=O) groups excluding carboxylic acids is 1. The van der Waals surface area contributed by atoms with Crippen molar-refractivity contribution in [2.75, 3.05) is 20.3 Å². The fraction of sp³-hybridized carbons (Fsp3) is 0.316. The number of amides is 1. The standard InChI is InChI=1S/C19H24N2O3.ClH/c1-23-10-11-24-17-9-5-8-16(12-17)14-21-19(22)18(20)13-15-6-3-2-4-7-15;/h2-9,12,18H,10-11,13-14,20H2,1H3,(H,21,22);1H/t18-;/m0./s1. The van der Waals surface area contributed by atoms with Crippen LogP contribution < -0.4 is 15.8 Å². The predicted octanol–water partition coefficient (Wildman–Crippen LogP) is 2.32. The first-order chi connectivity index (χ1) is 11.7. The Morgan fingerprint density at radius 2 is 1.80 bits per heavy atom. The van der Waals surface area contributed by atoms with Crippen LogP contribution in [0.25, 0.3) is 0 Å². The summed E-state index contributed by atoms with van der Waals surface area (Å²) in [7, 11) is 1.63. The number of ether oxygens (including phenoxy) is 2. The SMILES string of the molecule is COCCOc1cccc(CNC(=O)[C@@H](N)Cc2ccccc2)c1.Cl. The van der Waals surface area contributed by atoms with E-state index in [4.69, 9.17) is 15.2 Å². The zero-order valence-corrected chi connectivity index (χ0v) is 15.1. The Morgan fingerprint density at radius 1 is 1.08 bits per heavy atom. The molecule has 5 nitrogen and oxygen atoms in total. The van der Waals surface area contributed by atoms with E-state index in [0.29, 0.717) is 26.2 Å². The zero-order chi connectivity index (χ0) is 17.2. The molecule has 0 aliphatic heterocycles. The molecule has 0 aliphatic carbocycles. The van der Waals surface area contributed by atoms with Crippen LogP contribution in [0, 0.1) is 0 Å². The maximum atomic E-state index is 12.1. The normalized spacial score (nSPS) is 11.3. The molecule has 0 unspecified atom stereocenters. The van der Waals surface area contributed by atoms with Gasteiger partial charge in [-0.15, -0.1) is 12.4 Å². The molecule has 0 saturated carbocycles. The number of halogens is 1. The number of benzene rings is 2. The lowest BCUT2D eigenvalue weighted by Crippen LogP contribution is -2.41. The molecule has 1 atom stereocenters. The summed E-state index contributed by atoms with van der Waals surface area (Å²) in [5, 5.41) is 2.87. The Balaban J connectivity index is 0.00000312. The van der Waals surface area contributed by atoms with Crippen LogP contribution in [0.5, 0.6) is 5.75 Å². The van der Waals surface area contributed by atoms with Gasteiger partial charge in [0.2, 0.25) is 5.91 Å². The van der Waals surface area contributed by atoms with Crippen molar-refractivity contribution in [1.82, 2.24) is 5.32 Å². The number of rotatable bonds is 9. The highest BCUT2D eigenvalue weighted by molar-refractivity contribution is 5.85. The Morgan fingerprint density at radius 3 is 2.52 bits per heavy atom. The molecule has 0 aromatic heterocycles. The minimum absolute atomic E-state index is 0. The van der Waals surface area contributed by atoms with Gasteiger partial charge in [-0.2, -0.15) is 0 Å². The van der Waals surface area contributed by atoms with E-state index < -0.39 is 6.04 Å². The number of hydrogen-bond acceptors (Lipinski definition) is 4. The molecule has 25 heavy (non-hydrogen) atoms. The molecule has 0 radical (unpaired) electrons. The van der Waals surface area contributed by atoms with E-state index in [1.807, 2.05) is 54.6 Å². The number of hydrogen-bond donors (Lipinski definition) is 2. The number of carbonyl (C=O) groups is 1. The molecule has 2 rings (SSSR count). The average Bonchev–Trinajstić information content (AvgIpc) is 2.61. The molecular formula is C19H25ClN2O3. The van der Waals surface area contributed by atoms with Gasteiger partial charge in [0.25, 0.3) is 0 Å². The number of nitrogens with one attached hydrogen (secondary N) is 1. The minimum atomic E-state index is -0.562. The van der Waals surface area contributed by atoms with Crippen molar-refractivity contribution in [2.45, 2.75) is 19.0 Å². The van der Waals surface area contributed by atoms with E-state index in [0.717, 1.165) is 16.9 Å². The Bertz CT molecular complexity index is 638. The zero-order valence-electron chi connectivity index (χ0n) is 14.3. The summed E-state index contributed by atoms with van der Waals surface area (Å²) in [6.07, 6.45) is 0.521. The third-order valence-electron chi connectivity index (χ3n) is 3.56. The van der Waals surface area contributed by atoms with Crippen molar-refractivity contribution in [2.24, 2.45) is 5.73 Å². The molecule has 6 heteroatoms. The largest absolute Gasteiger partial charge is 0.491 e. The summed E-state index contributed by atoms with van der Waals surface area (Å²) in [5.74, 6) is 0.594. The molecule has 0 spiro atoms. The highest BCUT2D eigenvalue weighted by Crippen LogP contribution is 2.13. The van der Waals surface area contributed by atoms with Crippen molar-refractivity contribution in [3.8, 4) is 5.75 Å². The molecule has 0 fully saturated rings. The summed E-state index contributed by atoms with van der Waals surface area (Å²) in [5.41, 5.74) is 7.99. The number of nitrogens with two attached hydrogens (primary N) is 1. The summed E-state index contributed by atoms with van der Waals surface area (Å²) >= 11 is 0. The molecule has 3 N–H and O–H groups in total. The maximum Gasteiger partial charge on any atom is 0.237 e. The first-order valence-electron chi connectivity index (χ1n) is 7.97. The van der Waals surface area contributed by atoms with Gasteiger partial charge in [-0.05, 0) is 29.7 Å².